The third kappa shape index (κ3) is 6.26. The molecule has 1 saturated carbocycles. The SMILES string of the molecule is CC(C)N1CCN(CC(=O)NC2CCC(CNc3nc4c(s3)CCCc3ccc(F)cc3-4)CC2)CC1. The van der Waals surface area contributed by atoms with Gasteiger partial charge in [0.2, 0.25) is 5.91 Å². The normalized spacial score (nSPS) is 23.1. The number of carbonyl (C=O) groups excluding carboxylic acids is 1. The van der Waals surface area contributed by atoms with Crippen molar-refractivity contribution in [1.82, 2.24) is 20.1 Å². The molecule has 2 aliphatic carbocycles. The van der Waals surface area contributed by atoms with E-state index in [1.165, 1.54) is 10.4 Å². The Bertz CT molecular complexity index is 1040. The van der Waals surface area contributed by atoms with E-state index in [-0.39, 0.29) is 11.7 Å². The van der Waals surface area contributed by atoms with Crippen LogP contribution < -0.4 is 10.6 Å². The fourth-order valence-corrected chi connectivity index (χ4v) is 6.92. The molecule has 2 aromatic rings. The number of carbonyl (C=O) groups is 1. The molecule has 1 saturated heterocycles. The minimum atomic E-state index is -0.193. The van der Waals surface area contributed by atoms with Gasteiger partial charge in [0.05, 0.1) is 12.2 Å². The molecule has 2 N–H and O–H groups in total. The Kier molecular flexibility index (Phi) is 8.23. The Morgan fingerprint density at radius 2 is 1.92 bits per heavy atom. The van der Waals surface area contributed by atoms with Crippen LogP contribution in [0.1, 0.15) is 56.4 Å². The predicted octanol–water partition coefficient (Wildman–Crippen LogP) is 4.55. The highest BCUT2D eigenvalue weighted by Crippen LogP contribution is 2.38. The predicted molar refractivity (Wildman–Crippen MR) is 145 cm³/mol. The van der Waals surface area contributed by atoms with Crippen LogP contribution in [0.25, 0.3) is 11.3 Å². The van der Waals surface area contributed by atoms with E-state index in [0.717, 1.165) is 94.1 Å². The molecule has 1 amide bonds. The van der Waals surface area contributed by atoms with Gasteiger partial charge in [-0.05, 0) is 82.4 Å². The second-order valence-electron chi connectivity index (χ2n) is 11.0. The fourth-order valence-electron chi connectivity index (χ4n) is 5.89. The number of aromatic nitrogens is 1. The number of piperazine rings is 1. The molecular weight excluding hydrogens is 473 g/mol. The van der Waals surface area contributed by atoms with Crippen molar-refractivity contribution in [3.05, 3.63) is 34.5 Å². The number of hydrogen-bond acceptors (Lipinski definition) is 6. The Labute approximate surface area is 218 Å². The number of amides is 1. The lowest BCUT2D eigenvalue weighted by Gasteiger charge is -2.37. The number of fused-ring (bicyclic) bond motifs is 3. The number of rotatable bonds is 7. The first-order chi connectivity index (χ1) is 17.4. The second-order valence-corrected chi connectivity index (χ2v) is 12.1. The van der Waals surface area contributed by atoms with Crippen LogP contribution in [0, 0.1) is 11.7 Å². The van der Waals surface area contributed by atoms with Crippen LogP contribution in [0.4, 0.5) is 9.52 Å². The number of aryl methyl sites for hydroxylation is 2. The van der Waals surface area contributed by atoms with Gasteiger partial charge in [-0.3, -0.25) is 14.6 Å². The van der Waals surface area contributed by atoms with E-state index in [9.17, 15) is 9.18 Å². The minimum absolute atomic E-state index is 0.176. The van der Waals surface area contributed by atoms with Gasteiger partial charge in [-0.25, -0.2) is 9.37 Å². The molecule has 5 rings (SSSR count). The summed E-state index contributed by atoms with van der Waals surface area (Å²) in [5.41, 5.74) is 3.13. The van der Waals surface area contributed by atoms with Crippen molar-refractivity contribution in [3.8, 4) is 11.3 Å². The van der Waals surface area contributed by atoms with Gasteiger partial charge in [0.1, 0.15) is 5.82 Å². The number of nitrogens with zero attached hydrogens (tertiary/aromatic N) is 3. The summed E-state index contributed by atoms with van der Waals surface area (Å²) in [4.78, 5) is 23.5. The van der Waals surface area contributed by atoms with Crippen molar-refractivity contribution < 1.29 is 9.18 Å². The van der Waals surface area contributed by atoms with Gasteiger partial charge in [-0.1, -0.05) is 6.07 Å². The summed E-state index contributed by atoms with van der Waals surface area (Å²) in [7, 11) is 0. The highest BCUT2D eigenvalue weighted by atomic mass is 32.1. The molecule has 0 atom stereocenters. The Hall–Kier alpha value is -2.03. The number of benzene rings is 1. The van der Waals surface area contributed by atoms with E-state index >= 15 is 0 Å². The molecule has 196 valence electrons. The molecule has 3 aliphatic rings. The van der Waals surface area contributed by atoms with Crippen LogP contribution in [0.5, 0.6) is 0 Å². The average Bonchev–Trinajstić information content (AvgIpc) is 3.20. The lowest BCUT2D eigenvalue weighted by Crippen LogP contribution is -2.52. The molecule has 0 bridgehead atoms. The van der Waals surface area contributed by atoms with Gasteiger partial charge in [0, 0.05) is 55.2 Å². The van der Waals surface area contributed by atoms with Gasteiger partial charge < -0.3 is 10.6 Å². The summed E-state index contributed by atoms with van der Waals surface area (Å²) in [6.45, 7) is 9.96. The van der Waals surface area contributed by atoms with Gasteiger partial charge in [-0.15, -0.1) is 11.3 Å². The largest absolute Gasteiger partial charge is 0.361 e. The zero-order chi connectivity index (χ0) is 25.1. The molecule has 2 heterocycles. The Morgan fingerprint density at radius 3 is 2.67 bits per heavy atom. The average molecular weight is 514 g/mol. The third-order valence-corrected chi connectivity index (χ3v) is 9.21. The first-order valence-corrected chi connectivity index (χ1v) is 14.5. The highest BCUT2D eigenvalue weighted by Gasteiger charge is 2.25. The lowest BCUT2D eigenvalue weighted by atomic mass is 9.86. The summed E-state index contributed by atoms with van der Waals surface area (Å²) in [6.07, 6.45) is 7.38. The zero-order valence-electron chi connectivity index (χ0n) is 21.7. The number of hydrogen-bond donors (Lipinski definition) is 2. The van der Waals surface area contributed by atoms with E-state index in [4.69, 9.17) is 4.98 Å². The molecule has 8 heteroatoms. The smallest absolute Gasteiger partial charge is 0.234 e. The van der Waals surface area contributed by atoms with Gasteiger partial charge in [-0.2, -0.15) is 0 Å². The monoisotopic (exact) mass is 513 g/mol. The van der Waals surface area contributed by atoms with Crippen LogP contribution in [0.15, 0.2) is 18.2 Å². The molecule has 1 aromatic carbocycles. The second kappa shape index (κ2) is 11.6. The maximum atomic E-state index is 13.9. The lowest BCUT2D eigenvalue weighted by molar-refractivity contribution is -0.123. The van der Waals surface area contributed by atoms with Crippen LogP contribution in [0.3, 0.4) is 0 Å². The first-order valence-electron chi connectivity index (χ1n) is 13.7. The summed E-state index contributed by atoms with van der Waals surface area (Å²) >= 11 is 1.72. The van der Waals surface area contributed by atoms with Crippen molar-refractivity contribution in [2.75, 3.05) is 44.6 Å². The molecule has 0 spiro atoms. The van der Waals surface area contributed by atoms with E-state index in [2.05, 4.69) is 34.3 Å². The minimum Gasteiger partial charge on any atom is -0.361 e. The molecule has 1 aromatic heterocycles. The molecule has 6 nitrogen and oxygen atoms in total. The van der Waals surface area contributed by atoms with Crippen molar-refractivity contribution in [1.29, 1.82) is 0 Å². The summed E-state index contributed by atoms with van der Waals surface area (Å²) in [5.74, 6) is 0.577. The standard InChI is InChI=1S/C28H40FN5OS/c1-19(2)34-14-12-33(13-15-34)18-26(35)31-23-10-6-20(7-11-23)17-30-28-32-27-24-16-22(29)9-8-21(24)4-3-5-25(27)36-28/h8-9,16,19-20,23H,3-7,10-15,17-18H2,1-2H3,(H,30,32)(H,31,35). The van der Waals surface area contributed by atoms with Crippen molar-refractivity contribution in [3.63, 3.8) is 0 Å². The van der Waals surface area contributed by atoms with Crippen LogP contribution in [0.2, 0.25) is 0 Å². The van der Waals surface area contributed by atoms with Crippen LogP contribution >= 0.6 is 11.3 Å². The van der Waals surface area contributed by atoms with E-state index in [1.54, 1.807) is 23.5 Å². The van der Waals surface area contributed by atoms with Gasteiger partial charge >= 0.3 is 0 Å². The molecule has 0 radical (unpaired) electrons. The quantitative estimate of drug-likeness (QED) is 0.569. The summed E-state index contributed by atoms with van der Waals surface area (Å²) in [6, 6.07) is 5.99. The zero-order valence-corrected chi connectivity index (χ0v) is 22.5. The van der Waals surface area contributed by atoms with Crippen molar-refractivity contribution >= 4 is 22.4 Å². The number of nitrogens with one attached hydrogen (secondary N) is 2. The topological polar surface area (TPSA) is 60.5 Å². The fraction of sp³-hybridized carbons (Fsp3) is 0.643. The first kappa shape index (κ1) is 25.6. The van der Waals surface area contributed by atoms with E-state index in [1.807, 2.05) is 6.07 Å². The van der Waals surface area contributed by atoms with Crippen molar-refractivity contribution in [2.24, 2.45) is 5.92 Å². The highest BCUT2D eigenvalue weighted by molar-refractivity contribution is 7.16. The maximum absolute atomic E-state index is 13.9. The number of halogens is 1. The van der Waals surface area contributed by atoms with Gasteiger partial charge in [0.15, 0.2) is 5.13 Å². The van der Waals surface area contributed by atoms with Gasteiger partial charge in [0.25, 0.3) is 0 Å². The van der Waals surface area contributed by atoms with Crippen LogP contribution in [-0.4, -0.2) is 72.0 Å². The van der Waals surface area contributed by atoms with Crippen molar-refractivity contribution in [2.45, 2.75) is 70.9 Å². The van der Waals surface area contributed by atoms with E-state index in [0.29, 0.717) is 24.5 Å². The molecule has 1 aliphatic heterocycles. The summed E-state index contributed by atoms with van der Waals surface area (Å²) < 4.78 is 13.9. The molecule has 2 fully saturated rings. The summed E-state index contributed by atoms with van der Waals surface area (Å²) in [5, 5.41) is 7.82. The molecule has 36 heavy (non-hydrogen) atoms. The molecular formula is C28H40FN5OS. The van der Waals surface area contributed by atoms with E-state index < -0.39 is 0 Å². The van der Waals surface area contributed by atoms with Crippen LogP contribution in [-0.2, 0) is 17.6 Å². The molecule has 0 unspecified atom stereocenters. The number of anilines is 1. The maximum Gasteiger partial charge on any atom is 0.234 e. The third-order valence-electron chi connectivity index (χ3n) is 8.13. The Balaban J connectivity index is 1.06. The Morgan fingerprint density at radius 1 is 1.14 bits per heavy atom. The number of thiazole rings is 1.